The molecule has 1 aromatic heterocycles. The van der Waals surface area contributed by atoms with Gasteiger partial charge >= 0.3 is 11.9 Å². The summed E-state index contributed by atoms with van der Waals surface area (Å²) in [5, 5.41) is 20.6. The van der Waals surface area contributed by atoms with E-state index in [1.54, 1.807) is 24.4 Å². The summed E-state index contributed by atoms with van der Waals surface area (Å²) in [7, 11) is -4.00. The highest BCUT2D eigenvalue weighted by Gasteiger charge is 2.28. The van der Waals surface area contributed by atoms with Gasteiger partial charge in [0, 0.05) is 23.5 Å². The summed E-state index contributed by atoms with van der Waals surface area (Å²) in [5.74, 6) is -2.52. The number of aromatic nitrogens is 1. The summed E-state index contributed by atoms with van der Waals surface area (Å²) in [5.41, 5.74) is 1.41. The number of nitrogens with one attached hydrogen (secondary N) is 2. The van der Waals surface area contributed by atoms with Gasteiger partial charge in [-0.2, -0.15) is 0 Å². The van der Waals surface area contributed by atoms with Crippen LogP contribution < -0.4 is 5.09 Å². The summed E-state index contributed by atoms with van der Waals surface area (Å²) in [6.07, 6.45) is 0.775. The van der Waals surface area contributed by atoms with Crippen LogP contribution in [-0.4, -0.2) is 38.1 Å². The highest BCUT2D eigenvalue weighted by molar-refractivity contribution is 7.55. The zero-order valence-corrected chi connectivity index (χ0v) is 13.0. The lowest BCUT2D eigenvalue weighted by atomic mass is 10.1. The van der Waals surface area contributed by atoms with E-state index in [0.717, 1.165) is 10.9 Å². The average molecular weight is 340 g/mol. The van der Waals surface area contributed by atoms with Crippen LogP contribution in [0.4, 0.5) is 0 Å². The minimum atomic E-state index is -4.00. The van der Waals surface area contributed by atoms with E-state index in [0.29, 0.717) is 5.56 Å². The van der Waals surface area contributed by atoms with Crippen molar-refractivity contribution in [2.75, 3.05) is 0 Å². The van der Waals surface area contributed by atoms with Gasteiger partial charge in [-0.25, -0.2) is 5.09 Å². The molecule has 0 aliphatic carbocycles. The molecule has 0 bridgehead atoms. The maximum atomic E-state index is 12.3. The van der Waals surface area contributed by atoms with Crippen molar-refractivity contribution < 1.29 is 29.3 Å². The van der Waals surface area contributed by atoms with Gasteiger partial charge in [-0.05, 0) is 24.1 Å². The Morgan fingerprint density at radius 1 is 1.26 bits per heavy atom. The molecule has 5 N–H and O–H groups in total. The third kappa shape index (κ3) is 4.66. The largest absolute Gasteiger partial charge is 0.481 e. The quantitative estimate of drug-likeness (QED) is 0.461. The predicted octanol–water partition coefficient (Wildman–Crippen LogP) is 1.76. The maximum Gasteiger partial charge on any atom is 0.321 e. The second-order valence-electron chi connectivity index (χ2n) is 5.17. The molecule has 2 aromatic rings. The van der Waals surface area contributed by atoms with E-state index in [2.05, 4.69) is 10.1 Å². The van der Waals surface area contributed by atoms with Crippen LogP contribution in [0.25, 0.3) is 10.9 Å². The molecule has 0 radical (unpaired) electrons. The van der Waals surface area contributed by atoms with Crippen molar-refractivity contribution in [3.8, 4) is 0 Å². The van der Waals surface area contributed by atoms with Crippen LogP contribution in [0.3, 0.4) is 0 Å². The number of hydrogen-bond acceptors (Lipinski definition) is 3. The summed E-state index contributed by atoms with van der Waals surface area (Å²) >= 11 is 0. The normalized spacial score (nSPS) is 15.2. The fourth-order valence-corrected chi connectivity index (χ4v) is 3.87. The molecule has 1 heterocycles. The standard InChI is InChI=1S/C14H17N2O6P/c17-13(18)5-4-12(14(19)20)16-23(21,22)8-9-2-1-3-11-10(9)6-7-15-11/h1-3,6-7,12,15H,4-5,8H2,(H,17,18)(H,19,20)(H2,16,21,22). The molecule has 23 heavy (non-hydrogen) atoms. The van der Waals surface area contributed by atoms with Crippen LogP contribution in [0.2, 0.25) is 0 Å². The number of rotatable bonds is 8. The number of hydrogen-bond donors (Lipinski definition) is 5. The van der Waals surface area contributed by atoms with Crippen LogP contribution in [0.1, 0.15) is 18.4 Å². The van der Waals surface area contributed by atoms with Crippen molar-refractivity contribution in [1.82, 2.24) is 10.1 Å². The van der Waals surface area contributed by atoms with Crippen LogP contribution in [-0.2, 0) is 20.3 Å². The van der Waals surface area contributed by atoms with E-state index < -0.39 is 31.9 Å². The minimum Gasteiger partial charge on any atom is -0.481 e. The third-order valence-corrected chi connectivity index (χ3v) is 4.86. The van der Waals surface area contributed by atoms with E-state index in [9.17, 15) is 19.0 Å². The molecule has 124 valence electrons. The number of H-pyrrole nitrogens is 1. The Morgan fingerprint density at radius 2 is 2.00 bits per heavy atom. The molecule has 0 saturated heterocycles. The van der Waals surface area contributed by atoms with Crippen LogP contribution >= 0.6 is 7.52 Å². The lowest BCUT2D eigenvalue weighted by Crippen LogP contribution is -2.35. The predicted molar refractivity (Wildman–Crippen MR) is 83.3 cm³/mol. The topological polar surface area (TPSA) is 140 Å². The monoisotopic (exact) mass is 340 g/mol. The first kappa shape index (κ1) is 17.2. The van der Waals surface area contributed by atoms with E-state index in [1.807, 2.05) is 6.07 Å². The number of carboxylic acids is 2. The average Bonchev–Trinajstić information content (AvgIpc) is 2.92. The number of carboxylic acid groups (broad SMARTS) is 2. The van der Waals surface area contributed by atoms with Crippen molar-refractivity contribution in [3.63, 3.8) is 0 Å². The molecule has 0 aliphatic heterocycles. The Kier molecular flexibility index (Phi) is 5.20. The molecule has 0 fully saturated rings. The number of carbonyl (C=O) groups is 2. The lowest BCUT2D eigenvalue weighted by molar-refractivity contribution is -0.140. The Morgan fingerprint density at radius 3 is 2.65 bits per heavy atom. The van der Waals surface area contributed by atoms with Gasteiger partial charge in [0.25, 0.3) is 7.52 Å². The minimum absolute atomic E-state index is 0.251. The highest BCUT2D eigenvalue weighted by atomic mass is 31.2. The zero-order chi connectivity index (χ0) is 17.0. The fourth-order valence-electron chi connectivity index (χ4n) is 2.32. The molecule has 2 unspecified atom stereocenters. The van der Waals surface area contributed by atoms with Crippen molar-refractivity contribution in [1.29, 1.82) is 0 Å². The number of aromatic amines is 1. The Labute approximate surface area is 131 Å². The van der Waals surface area contributed by atoms with Crippen LogP contribution in [0.15, 0.2) is 30.5 Å². The van der Waals surface area contributed by atoms with Gasteiger partial charge in [0.15, 0.2) is 0 Å². The van der Waals surface area contributed by atoms with Gasteiger partial charge in [-0.1, -0.05) is 12.1 Å². The van der Waals surface area contributed by atoms with Crippen LogP contribution in [0.5, 0.6) is 0 Å². The lowest BCUT2D eigenvalue weighted by Gasteiger charge is -2.19. The molecule has 0 aliphatic rings. The van der Waals surface area contributed by atoms with Crippen molar-refractivity contribution in [2.24, 2.45) is 0 Å². The maximum absolute atomic E-state index is 12.3. The van der Waals surface area contributed by atoms with Crippen LogP contribution in [0, 0.1) is 0 Å². The van der Waals surface area contributed by atoms with Gasteiger partial charge in [0.2, 0.25) is 0 Å². The van der Waals surface area contributed by atoms with Gasteiger partial charge in [0.05, 0.1) is 6.16 Å². The van der Waals surface area contributed by atoms with Gasteiger partial charge in [-0.15, -0.1) is 0 Å². The summed E-state index contributed by atoms with van der Waals surface area (Å²) < 4.78 is 12.3. The molecule has 9 heteroatoms. The van der Waals surface area contributed by atoms with Crippen molar-refractivity contribution >= 4 is 30.4 Å². The van der Waals surface area contributed by atoms with E-state index in [4.69, 9.17) is 10.2 Å². The van der Waals surface area contributed by atoms with Gasteiger partial charge < -0.3 is 20.1 Å². The first-order chi connectivity index (χ1) is 10.8. The molecule has 0 amide bonds. The molecular weight excluding hydrogens is 323 g/mol. The summed E-state index contributed by atoms with van der Waals surface area (Å²) in [4.78, 5) is 34.7. The smallest absolute Gasteiger partial charge is 0.321 e. The number of aliphatic carboxylic acids is 2. The van der Waals surface area contributed by atoms with Crippen molar-refractivity contribution in [3.05, 3.63) is 36.0 Å². The first-order valence-corrected chi connectivity index (χ1v) is 8.72. The van der Waals surface area contributed by atoms with Crippen molar-refractivity contribution in [2.45, 2.75) is 25.0 Å². The summed E-state index contributed by atoms with van der Waals surface area (Å²) in [6, 6.07) is 5.61. The Hall–Kier alpha value is -2.15. The molecule has 2 rings (SSSR count). The Balaban J connectivity index is 2.14. The molecule has 0 saturated carbocycles. The van der Waals surface area contributed by atoms with Gasteiger partial charge in [-0.3, -0.25) is 14.2 Å². The van der Waals surface area contributed by atoms with Gasteiger partial charge in [0.1, 0.15) is 6.04 Å². The first-order valence-electron chi connectivity index (χ1n) is 6.88. The third-order valence-electron chi connectivity index (χ3n) is 3.37. The molecular formula is C14H17N2O6P. The summed E-state index contributed by atoms with van der Waals surface area (Å²) in [6.45, 7) is 0. The van der Waals surface area contributed by atoms with E-state index in [1.165, 1.54) is 0 Å². The number of fused-ring (bicyclic) bond motifs is 1. The molecule has 2 atom stereocenters. The number of benzene rings is 1. The molecule has 1 aromatic carbocycles. The fraction of sp³-hybridized carbons (Fsp3) is 0.286. The van der Waals surface area contributed by atoms with E-state index >= 15 is 0 Å². The second-order valence-corrected chi connectivity index (χ2v) is 7.15. The SMILES string of the molecule is O=C(O)CCC(NP(=O)(O)Cc1cccc2[nH]ccc12)C(=O)O. The highest BCUT2D eigenvalue weighted by Crippen LogP contribution is 2.42. The zero-order valence-electron chi connectivity index (χ0n) is 12.1. The van der Waals surface area contributed by atoms with E-state index in [-0.39, 0.29) is 12.6 Å². The Bertz CT molecular complexity index is 771. The molecule has 8 nitrogen and oxygen atoms in total. The molecule has 0 spiro atoms. The second kappa shape index (κ2) is 6.95.